The van der Waals surface area contributed by atoms with Gasteiger partial charge in [-0.3, -0.25) is 14.4 Å². The molecule has 0 heterocycles. The zero-order chi connectivity index (χ0) is 20.4. The van der Waals surface area contributed by atoms with Gasteiger partial charge in [0.15, 0.2) is 6.61 Å². The zero-order valence-electron chi connectivity index (χ0n) is 15.8. The summed E-state index contributed by atoms with van der Waals surface area (Å²) in [7, 11) is 3.04. The summed E-state index contributed by atoms with van der Waals surface area (Å²) in [6, 6.07) is 15.7. The number of nitrogens with zero attached hydrogens (tertiary/aromatic N) is 1. The van der Waals surface area contributed by atoms with E-state index in [1.54, 1.807) is 55.6 Å². The lowest BCUT2D eigenvalue weighted by molar-refractivity contribution is -0.134. The second-order valence-corrected chi connectivity index (χ2v) is 5.90. The predicted molar refractivity (Wildman–Crippen MR) is 104 cm³/mol. The molecule has 0 saturated heterocycles. The first-order valence-electron chi connectivity index (χ1n) is 8.60. The second kappa shape index (κ2) is 10.6. The fourth-order valence-electron chi connectivity index (χ4n) is 2.20. The van der Waals surface area contributed by atoms with Gasteiger partial charge in [0.05, 0.1) is 20.2 Å². The van der Waals surface area contributed by atoms with Gasteiger partial charge in [0.2, 0.25) is 11.8 Å². The van der Waals surface area contributed by atoms with Gasteiger partial charge in [-0.1, -0.05) is 18.2 Å². The average Bonchev–Trinajstić information content (AvgIpc) is 2.71. The lowest BCUT2D eigenvalue weighted by atomic mass is 10.3. The number of para-hydroxylation sites is 1. The second-order valence-electron chi connectivity index (χ2n) is 5.90. The van der Waals surface area contributed by atoms with Crippen molar-refractivity contribution in [2.75, 3.05) is 39.2 Å². The molecule has 0 aliphatic rings. The maximum Gasteiger partial charge on any atom is 0.258 e. The maximum atomic E-state index is 12.1. The minimum absolute atomic E-state index is 0.138. The molecule has 8 nitrogen and oxygen atoms in total. The van der Waals surface area contributed by atoms with Crippen LogP contribution >= 0.6 is 0 Å². The fourth-order valence-corrected chi connectivity index (χ4v) is 2.20. The Balaban J connectivity index is 1.69. The van der Waals surface area contributed by atoms with E-state index in [9.17, 15) is 14.4 Å². The van der Waals surface area contributed by atoms with Crippen molar-refractivity contribution in [1.82, 2.24) is 10.2 Å². The van der Waals surface area contributed by atoms with Crippen LogP contribution in [-0.4, -0.2) is 56.5 Å². The third kappa shape index (κ3) is 6.99. The molecule has 0 aromatic heterocycles. The van der Waals surface area contributed by atoms with Gasteiger partial charge in [-0.05, 0) is 36.4 Å². The van der Waals surface area contributed by atoms with Crippen LogP contribution in [0.2, 0.25) is 0 Å². The highest BCUT2D eigenvalue weighted by Gasteiger charge is 2.14. The predicted octanol–water partition coefficient (Wildman–Crippen LogP) is 1.29. The summed E-state index contributed by atoms with van der Waals surface area (Å²) >= 11 is 0. The molecule has 0 aliphatic heterocycles. The highest BCUT2D eigenvalue weighted by molar-refractivity contribution is 5.95. The Morgan fingerprint density at radius 1 is 0.929 bits per heavy atom. The molecule has 0 fully saturated rings. The molecule has 0 radical (unpaired) electrons. The first-order valence-corrected chi connectivity index (χ1v) is 8.60. The van der Waals surface area contributed by atoms with Gasteiger partial charge in [-0.2, -0.15) is 0 Å². The van der Waals surface area contributed by atoms with Crippen molar-refractivity contribution in [2.45, 2.75) is 0 Å². The van der Waals surface area contributed by atoms with Crippen molar-refractivity contribution < 1.29 is 23.9 Å². The van der Waals surface area contributed by atoms with Crippen LogP contribution in [0.4, 0.5) is 5.69 Å². The summed E-state index contributed by atoms with van der Waals surface area (Å²) in [4.78, 5) is 37.1. The van der Waals surface area contributed by atoms with Crippen molar-refractivity contribution in [3.05, 3.63) is 54.6 Å². The Kier molecular flexibility index (Phi) is 7.83. The topological polar surface area (TPSA) is 97.0 Å². The summed E-state index contributed by atoms with van der Waals surface area (Å²) in [5, 5.41) is 5.16. The molecule has 0 saturated carbocycles. The number of carbonyl (C=O) groups excluding carboxylic acids is 3. The molecule has 2 rings (SSSR count). The molecule has 0 aliphatic carbocycles. The first-order chi connectivity index (χ1) is 13.5. The highest BCUT2D eigenvalue weighted by Crippen LogP contribution is 2.14. The van der Waals surface area contributed by atoms with Crippen molar-refractivity contribution in [1.29, 1.82) is 0 Å². The Hall–Kier alpha value is -3.55. The quantitative estimate of drug-likeness (QED) is 0.678. The number of amides is 3. The van der Waals surface area contributed by atoms with Gasteiger partial charge < -0.3 is 25.0 Å². The van der Waals surface area contributed by atoms with E-state index in [0.717, 1.165) is 0 Å². The normalized spacial score (nSPS) is 9.93. The number of methoxy groups -OCH3 is 1. The maximum absolute atomic E-state index is 12.1. The summed E-state index contributed by atoms with van der Waals surface area (Å²) in [6.45, 7) is -0.552. The highest BCUT2D eigenvalue weighted by atomic mass is 16.5. The van der Waals surface area contributed by atoms with Gasteiger partial charge >= 0.3 is 0 Å². The third-order valence-electron chi connectivity index (χ3n) is 3.73. The minimum Gasteiger partial charge on any atom is -0.497 e. The largest absolute Gasteiger partial charge is 0.497 e. The Bertz CT molecular complexity index is 793. The molecule has 0 atom stereocenters. The van der Waals surface area contributed by atoms with E-state index >= 15 is 0 Å². The number of nitrogens with one attached hydrogen (secondary N) is 2. The van der Waals surface area contributed by atoms with E-state index < -0.39 is 11.8 Å². The molecule has 3 amide bonds. The Morgan fingerprint density at radius 3 is 2.25 bits per heavy atom. The molecule has 2 aromatic carbocycles. The number of ether oxygens (including phenoxy) is 2. The molecule has 148 valence electrons. The van der Waals surface area contributed by atoms with Crippen LogP contribution in [0, 0.1) is 0 Å². The third-order valence-corrected chi connectivity index (χ3v) is 3.73. The van der Waals surface area contributed by atoms with Gasteiger partial charge in [-0.25, -0.2) is 0 Å². The van der Waals surface area contributed by atoms with Crippen LogP contribution in [0.3, 0.4) is 0 Å². The molecule has 8 heteroatoms. The van der Waals surface area contributed by atoms with Crippen LogP contribution < -0.4 is 20.1 Å². The summed E-state index contributed by atoms with van der Waals surface area (Å²) in [5.41, 5.74) is 0.595. The van der Waals surface area contributed by atoms with Crippen LogP contribution in [0.25, 0.3) is 0 Å². The summed E-state index contributed by atoms with van der Waals surface area (Å²) in [5.74, 6) is 0.0829. The number of benzene rings is 2. The molecule has 2 N–H and O–H groups in total. The standard InChI is InChI=1S/C20H23N3O5/c1-23(13-18(24)22-15-8-10-16(27-2)11-9-15)20(26)12-21-19(25)14-28-17-6-4-3-5-7-17/h3-11H,12-14H2,1-2H3,(H,21,25)(H,22,24). The number of likely N-dealkylation sites (N-methyl/N-ethyl adjacent to an activating group) is 1. The molecule has 0 unspecified atom stereocenters. The number of anilines is 1. The molecular weight excluding hydrogens is 362 g/mol. The number of rotatable bonds is 9. The van der Waals surface area contributed by atoms with E-state index in [2.05, 4.69) is 10.6 Å². The smallest absolute Gasteiger partial charge is 0.258 e. The van der Waals surface area contributed by atoms with Crippen LogP contribution in [0.1, 0.15) is 0 Å². The van der Waals surface area contributed by atoms with E-state index in [1.165, 1.54) is 11.9 Å². The minimum atomic E-state index is -0.423. The van der Waals surface area contributed by atoms with Crippen LogP contribution in [0.5, 0.6) is 11.5 Å². The van der Waals surface area contributed by atoms with Crippen LogP contribution in [-0.2, 0) is 14.4 Å². The molecule has 28 heavy (non-hydrogen) atoms. The number of hydrogen-bond donors (Lipinski definition) is 2. The van der Waals surface area contributed by atoms with Crippen molar-refractivity contribution >= 4 is 23.4 Å². The Morgan fingerprint density at radius 2 is 1.61 bits per heavy atom. The lowest BCUT2D eigenvalue weighted by Gasteiger charge is -2.17. The Labute approximate surface area is 163 Å². The lowest BCUT2D eigenvalue weighted by Crippen LogP contribution is -2.42. The van der Waals surface area contributed by atoms with Crippen molar-refractivity contribution in [3.8, 4) is 11.5 Å². The van der Waals surface area contributed by atoms with Gasteiger partial charge in [0.25, 0.3) is 5.91 Å². The van der Waals surface area contributed by atoms with E-state index in [4.69, 9.17) is 9.47 Å². The molecule has 0 spiro atoms. The SMILES string of the molecule is COc1ccc(NC(=O)CN(C)C(=O)CNC(=O)COc2ccccc2)cc1. The average molecular weight is 385 g/mol. The first kappa shape index (κ1) is 20.8. The fraction of sp³-hybridized carbons (Fsp3) is 0.250. The van der Waals surface area contributed by atoms with Gasteiger partial charge in [-0.15, -0.1) is 0 Å². The number of carbonyl (C=O) groups is 3. The molecule has 0 bridgehead atoms. The summed E-state index contributed by atoms with van der Waals surface area (Å²) < 4.78 is 10.3. The van der Waals surface area contributed by atoms with Crippen molar-refractivity contribution in [3.63, 3.8) is 0 Å². The van der Waals surface area contributed by atoms with E-state index in [0.29, 0.717) is 17.2 Å². The molecular formula is C20H23N3O5. The van der Waals surface area contributed by atoms with Gasteiger partial charge in [0.1, 0.15) is 11.5 Å². The zero-order valence-corrected chi connectivity index (χ0v) is 15.8. The van der Waals surface area contributed by atoms with Gasteiger partial charge in [0, 0.05) is 12.7 Å². The van der Waals surface area contributed by atoms with Crippen LogP contribution in [0.15, 0.2) is 54.6 Å². The van der Waals surface area contributed by atoms with Crippen molar-refractivity contribution in [2.24, 2.45) is 0 Å². The summed E-state index contributed by atoms with van der Waals surface area (Å²) in [6.07, 6.45) is 0. The molecule has 2 aromatic rings. The number of hydrogen-bond acceptors (Lipinski definition) is 5. The monoisotopic (exact) mass is 385 g/mol. The van der Waals surface area contributed by atoms with E-state index in [1.807, 2.05) is 6.07 Å². The van der Waals surface area contributed by atoms with E-state index in [-0.39, 0.29) is 25.6 Å².